The van der Waals surface area contributed by atoms with Crippen LogP contribution in [0.4, 0.5) is 0 Å². The first kappa shape index (κ1) is 21.6. The molecule has 32 heavy (non-hydrogen) atoms. The van der Waals surface area contributed by atoms with Gasteiger partial charge in [0.1, 0.15) is 17.2 Å². The molecule has 1 amide bonds. The Morgan fingerprint density at radius 2 is 1.88 bits per heavy atom. The van der Waals surface area contributed by atoms with Crippen molar-refractivity contribution >= 4 is 11.7 Å². The molecule has 1 N–H and O–H groups in total. The van der Waals surface area contributed by atoms with E-state index in [1.54, 1.807) is 6.92 Å². The predicted octanol–water partition coefficient (Wildman–Crippen LogP) is 5.02. The molecule has 4 rings (SSSR count). The van der Waals surface area contributed by atoms with Crippen LogP contribution in [0.2, 0.25) is 0 Å². The van der Waals surface area contributed by atoms with Crippen molar-refractivity contribution in [3.63, 3.8) is 0 Å². The van der Waals surface area contributed by atoms with Crippen LogP contribution in [0, 0.1) is 5.92 Å². The molecular formula is C25H26N2O5. The molecule has 1 heterocycles. The Kier molecular flexibility index (Phi) is 6.54. The van der Waals surface area contributed by atoms with Crippen LogP contribution in [0.3, 0.4) is 0 Å². The molecule has 1 atom stereocenters. The van der Waals surface area contributed by atoms with Crippen LogP contribution in [0.5, 0.6) is 17.2 Å². The maximum absolute atomic E-state index is 12.3. The number of rotatable bonds is 10. The molecule has 0 aliphatic heterocycles. The number of carbonyl (C=O) groups excluding carboxylic acids is 2. The molecule has 1 aliphatic carbocycles. The quantitative estimate of drug-likeness (QED) is 0.451. The van der Waals surface area contributed by atoms with Crippen LogP contribution in [0.15, 0.2) is 59.1 Å². The van der Waals surface area contributed by atoms with E-state index in [0.29, 0.717) is 23.3 Å². The maximum Gasteiger partial charge on any atom is 0.226 e. The van der Waals surface area contributed by atoms with Crippen molar-refractivity contribution < 1.29 is 23.5 Å². The monoisotopic (exact) mass is 434 g/mol. The van der Waals surface area contributed by atoms with Crippen LogP contribution in [-0.2, 0) is 4.79 Å². The highest BCUT2D eigenvalue weighted by atomic mass is 16.5. The van der Waals surface area contributed by atoms with Crippen LogP contribution < -0.4 is 14.8 Å². The molecule has 1 aromatic heterocycles. The Hall–Kier alpha value is -3.61. The number of Topliss-reactive ketones (excluding diaryl/α,β-unsaturated/α-hetero) is 1. The fraction of sp³-hybridized carbons (Fsp3) is 0.320. The van der Waals surface area contributed by atoms with Crippen LogP contribution >= 0.6 is 0 Å². The van der Waals surface area contributed by atoms with Gasteiger partial charge in [0.05, 0.1) is 12.8 Å². The first-order valence-corrected chi connectivity index (χ1v) is 10.7. The van der Waals surface area contributed by atoms with E-state index in [0.717, 1.165) is 17.9 Å². The molecule has 1 unspecified atom stereocenters. The van der Waals surface area contributed by atoms with Gasteiger partial charge in [-0.1, -0.05) is 6.07 Å². The third-order valence-corrected chi connectivity index (χ3v) is 5.05. The largest absolute Gasteiger partial charge is 0.493 e. The van der Waals surface area contributed by atoms with Crippen molar-refractivity contribution in [3.05, 3.63) is 60.5 Å². The van der Waals surface area contributed by atoms with Gasteiger partial charge in [0.25, 0.3) is 0 Å². The van der Waals surface area contributed by atoms with Crippen molar-refractivity contribution in [1.82, 2.24) is 10.3 Å². The van der Waals surface area contributed by atoms with Crippen molar-refractivity contribution in [3.8, 4) is 28.7 Å². The third kappa shape index (κ3) is 5.97. The van der Waals surface area contributed by atoms with Gasteiger partial charge >= 0.3 is 0 Å². The van der Waals surface area contributed by atoms with Gasteiger partial charge in [-0.05, 0) is 62.1 Å². The number of benzene rings is 2. The fourth-order valence-corrected chi connectivity index (χ4v) is 3.24. The van der Waals surface area contributed by atoms with E-state index in [1.165, 1.54) is 26.0 Å². The molecule has 0 bridgehead atoms. The lowest BCUT2D eigenvalue weighted by Gasteiger charge is -2.10. The number of ether oxygens (including phenoxy) is 2. The summed E-state index contributed by atoms with van der Waals surface area (Å²) in [4.78, 5) is 27.6. The molecular weight excluding hydrogens is 408 g/mol. The van der Waals surface area contributed by atoms with E-state index in [1.807, 2.05) is 48.5 Å². The highest BCUT2D eigenvalue weighted by molar-refractivity contribution is 5.94. The summed E-state index contributed by atoms with van der Waals surface area (Å²) in [5.74, 6) is 2.98. The van der Waals surface area contributed by atoms with Gasteiger partial charge in [-0.3, -0.25) is 9.59 Å². The van der Waals surface area contributed by atoms with Gasteiger partial charge in [0.15, 0.2) is 5.76 Å². The molecule has 7 nitrogen and oxygen atoms in total. The molecule has 0 radical (unpaired) electrons. The second kappa shape index (κ2) is 9.68. The lowest BCUT2D eigenvalue weighted by molar-refractivity contribution is -0.119. The minimum absolute atomic E-state index is 0.143. The van der Waals surface area contributed by atoms with Crippen molar-refractivity contribution in [2.45, 2.75) is 39.2 Å². The number of oxazole rings is 1. The zero-order valence-corrected chi connectivity index (χ0v) is 18.2. The average molecular weight is 434 g/mol. The molecule has 0 spiro atoms. The Morgan fingerprint density at radius 3 is 2.59 bits per heavy atom. The lowest BCUT2D eigenvalue weighted by atomic mass is 10.1. The number of ketones is 1. The van der Waals surface area contributed by atoms with Gasteiger partial charge in [-0.25, -0.2) is 4.98 Å². The van der Waals surface area contributed by atoms with E-state index in [9.17, 15) is 9.59 Å². The molecule has 1 aliphatic rings. The van der Waals surface area contributed by atoms with E-state index >= 15 is 0 Å². The highest BCUT2D eigenvalue weighted by Crippen LogP contribution is 2.31. The zero-order chi connectivity index (χ0) is 22.5. The van der Waals surface area contributed by atoms with E-state index < -0.39 is 0 Å². The molecule has 1 saturated carbocycles. The standard InChI is InChI=1S/C25H26N2O5/c1-16(27-17(2)28)12-23(29)24-14-26-25(32-24)19-8-10-20(11-9-19)31-22-5-3-4-21(13-22)30-15-18-6-7-18/h3-5,8-11,13-14,16,18H,6-7,12,15H2,1-2H3,(H,27,28). The zero-order valence-electron chi connectivity index (χ0n) is 18.2. The summed E-state index contributed by atoms with van der Waals surface area (Å²) < 4.78 is 17.4. The number of amides is 1. The van der Waals surface area contributed by atoms with Crippen LogP contribution in [0.25, 0.3) is 11.5 Å². The Balaban J connectivity index is 1.36. The van der Waals surface area contributed by atoms with E-state index in [2.05, 4.69) is 10.3 Å². The fourth-order valence-electron chi connectivity index (χ4n) is 3.24. The normalized spacial score (nSPS) is 13.9. The number of aromatic nitrogens is 1. The van der Waals surface area contributed by atoms with Crippen molar-refractivity contribution in [2.75, 3.05) is 6.61 Å². The Morgan fingerprint density at radius 1 is 1.12 bits per heavy atom. The number of nitrogens with one attached hydrogen (secondary N) is 1. The number of carbonyl (C=O) groups is 2. The van der Waals surface area contributed by atoms with Gasteiger partial charge in [-0.15, -0.1) is 0 Å². The summed E-state index contributed by atoms with van der Waals surface area (Å²) in [6, 6.07) is 14.6. The summed E-state index contributed by atoms with van der Waals surface area (Å²) in [5, 5.41) is 2.68. The summed E-state index contributed by atoms with van der Waals surface area (Å²) in [7, 11) is 0. The molecule has 0 saturated heterocycles. The van der Waals surface area contributed by atoms with E-state index in [-0.39, 0.29) is 29.9 Å². The van der Waals surface area contributed by atoms with Gasteiger partial charge in [0, 0.05) is 31.0 Å². The topological polar surface area (TPSA) is 90.7 Å². The third-order valence-electron chi connectivity index (χ3n) is 5.05. The average Bonchev–Trinajstić information content (AvgIpc) is 3.46. The minimum atomic E-state index is -0.275. The summed E-state index contributed by atoms with van der Waals surface area (Å²) in [6.45, 7) is 3.94. The number of hydrogen-bond acceptors (Lipinski definition) is 6. The van der Waals surface area contributed by atoms with Crippen LogP contribution in [0.1, 0.15) is 43.7 Å². The first-order chi connectivity index (χ1) is 15.5. The minimum Gasteiger partial charge on any atom is -0.493 e. The molecule has 3 aromatic rings. The van der Waals surface area contributed by atoms with Gasteiger partial charge in [0.2, 0.25) is 17.6 Å². The Bertz CT molecular complexity index is 1090. The second-order valence-corrected chi connectivity index (χ2v) is 8.11. The summed E-state index contributed by atoms with van der Waals surface area (Å²) >= 11 is 0. The summed E-state index contributed by atoms with van der Waals surface area (Å²) in [6.07, 6.45) is 4.05. The van der Waals surface area contributed by atoms with Gasteiger partial charge < -0.3 is 19.2 Å². The van der Waals surface area contributed by atoms with Crippen molar-refractivity contribution in [1.29, 1.82) is 0 Å². The predicted molar refractivity (Wildman–Crippen MR) is 119 cm³/mol. The van der Waals surface area contributed by atoms with Crippen molar-refractivity contribution in [2.24, 2.45) is 5.92 Å². The number of nitrogens with zero attached hydrogens (tertiary/aromatic N) is 1. The molecule has 1 fully saturated rings. The molecule has 7 heteroatoms. The van der Waals surface area contributed by atoms with Crippen LogP contribution in [-0.4, -0.2) is 29.3 Å². The smallest absolute Gasteiger partial charge is 0.226 e. The summed E-state index contributed by atoms with van der Waals surface area (Å²) in [5.41, 5.74) is 0.729. The molecule has 2 aromatic carbocycles. The Labute approximate surface area is 186 Å². The first-order valence-electron chi connectivity index (χ1n) is 10.7. The highest BCUT2D eigenvalue weighted by Gasteiger charge is 2.22. The molecule has 166 valence electrons. The SMILES string of the molecule is CC(=O)NC(C)CC(=O)c1cnc(-c2ccc(Oc3cccc(OCC4CC4)c3)cc2)o1. The second-order valence-electron chi connectivity index (χ2n) is 8.11. The van der Waals surface area contributed by atoms with E-state index in [4.69, 9.17) is 13.9 Å². The number of hydrogen-bond donors (Lipinski definition) is 1. The maximum atomic E-state index is 12.3. The van der Waals surface area contributed by atoms with Gasteiger partial charge in [-0.2, -0.15) is 0 Å². The lowest BCUT2D eigenvalue weighted by Crippen LogP contribution is -2.32.